The van der Waals surface area contributed by atoms with E-state index in [2.05, 4.69) is 87.9 Å². The lowest BCUT2D eigenvalue weighted by Crippen LogP contribution is -2.41. The minimum atomic E-state index is -0.384. The quantitative estimate of drug-likeness (QED) is 0.406. The molecule has 3 aromatic carbocycles. The molecule has 0 saturated carbocycles. The number of benzene rings is 3. The maximum Gasteiger partial charge on any atom is 0.494 e. The number of imidazole rings is 1. The van der Waals surface area contributed by atoms with E-state index in [4.69, 9.17) is 23.8 Å². The molecule has 0 spiro atoms. The van der Waals surface area contributed by atoms with Crippen LogP contribution in [0.2, 0.25) is 0 Å². The number of methoxy groups -OCH3 is 1. The van der Waals surface area contributed by atoms with Crippen molar-refractivity contribution in [1.29, 1.82) is 0 Å². The van der Waals surface area contributed by atoms with Gasteiger partial charge in [0.1, 0.15) is 18.2 Å². The molecule has 39 heavy (non-hydrogen) atoms. The minimum absolute atomic E-state index is 0.270. The Bertz CT molecular complexity index is 1580. The highest BCUT2D eigenvalue weighted by molar-refractivity contribution is 6.62. The van der Waals surface area contributed by atoms with Gasteiger partial charge in [0.15, 0.2) is 7.98 Å². The Morgan fingerprint density at radius 1 is 1.08 bits per heavy atom. The molecule has 2 fully saturated rings. The van der Waals surface area contributed by atoms with E-state index in [0.29, 0.717) is 12.5 Å². The second-order valence-electron chi connectivity index (χ2n) is 12.5. The number of hydrogen-bond acceptors (Lipinski definition) is 6. The van der Waals surface area contributed by atoms with E-state index in [1.807, 2.05) is 0 Å². The Labute approximate surface area is 230 Å². The highest BCUT2D eigenvalue weighted by Gasteiger charge is 2.51. The summed E-state index contributed by atoms with van der Waals surface area (Å²) in [6, 6.07) is 15.5. The molecule has 1 aromatic heterocycles. The van der Waals surface area contributed by atoms with Crippen LogP contribution in [0.15, 0.2) is 42.5 Å². The molecule has 0 radical (unpaired) electrons. The van der Waals surface area contributed by atoms with Gasteiger partial charge in [-0.3, -0.25) is 0 Å². The van der Waals surface area contributed by atoms with Crippen molar-refractivity contribution in [3.8, 4) is 16.9 Å². The Morgan fingerprint density at radius 3 is 2.64 bits per heavy atom. The summed E-state index contributed by atoms with van der Waals surface area (Å²) in [6.07, 6.45) is 1.05. The third-order valence-electron chi connectivity index (χ3n) is 9.27. The lowest BCUT2D eigenvalue weighted by molar-refractivity contribution is 0.00578. The second-order valence-corrected chi connectivity index (χ2v) is 12.5. The molecule has 0 bridgehead atoms. The zero-order chi connectivity index (χ0) is 27.1. The van der Waals surface area contributed by atoms with Gasteiger partial charge in [0.25, 0.3) is 0 Å². The van der Waals surface area contributed by atoms with Crippen molar-refractivity contribution in [2.75, 3.05) is 20.3 Å². The van der Waals surface area contributed by atoms with Crippen LogP contribution >= 0.6 is 0 Å². The van der Waals surface area contributed by atoms with Crippen LogP contribution in [0.5, 0.6) is 5.75 Å². The summed E-state index contributed by atoms with van der Waals surface area (Å²) < 4.78 is 24.3. The smallest absolute Gasteiger partial charge is 0.488 e. The number of nitrogens with zero attached hydrogens (tertiary/aromatic N) is 2. The van der Waals surface area contributed by atoms with E-state index in [9.17, 15) is 0 Å². The standard InChI is InChI=1S/C30H35B2N3O4/c1-29(2)30(3,4)39-32(38-29)20-7-8-21-19(11-20)16-37-26-13-22-18(12-23(21)26)6-9-24-27(22)34-28(33-24)25-10-17(15-36-5)14-35(25)31/h6-9,11-13,17,25H,10,14-16,31H2,1-5H3,(H,33,34)/t17-,25-/m0/s1. The van der Waals surface area contributed by atoms with E-state index < -0.39 is 0 Å². The van der Waals surface area contributed by atoms with Gasteiger partial charge in [-0.25, -0.2) is 4.98 Å². The molecule has 4 heterocycles. The zero-order valence-electron chi connectivity index (χ0n) is 23.6. The molecule has 4 aromatic rings. The van der Waals surface area contributed by atoms with Crippen LogP contribution in [0.25, 0.3) is 32.9 Å². The highest BCUT2D eigenvalue weighted by Crippen LogP contribution is 2.43. The average Bonchev–Trinajstić information content (AvgIpc) is 3.55. The predicted octanol–water partition coefficient (Wildman–Crippen LogP) is 4.13. The van der Waals surface area contributed by atoms with Crippen LogP contribution in [0.4, 0.5) is 0 Å². The van der Waals surface area contributed by atoms with E-state index in [0.717, 1.165) is 64.2 Å². The summed E-state index contributed by atoms with van der Waals surface area (Å²) in [5.74, 6) is 2.46. The Kier molecular flexibility index (Phi) is 5.69. The Balaban J connectivity index is 1.23. The fraction of sp³-hybridized carbons (Fsp3) is 0.433. The zero-order valence-corrected chi connectivity index (χ0v) is 23.6. The van der Waals surface area contributed by atoms with Gasteiger partial charge >= 0.3 is 7.12 Å². The third-order valence-corrected chi connectivity index (χ3v) is 9.27. The number of aromatic nitrogens is 2. The second kappa shape index (κ2) is 8.83. The van der Waals surface area contributed by atoms with Crippen LogP contribution in [0.1, 0.15) is 51.5 Å². The van der Waals surface area contributed by atoms with Gasteiger partial charge in [0.2, 0.25) is 0 Å². The summed E-state index contributed by atoms with van der Waals surface area (Å²) >= 11 is 0. The van der Waals surface area contributed by atoms with Gasteiger partial charge in [0.05, 0.1) is 34.9 Å². The SMILES string of the molecule is BN1C[C@@H](COC)C[C@H]1c1nc2ccc3cc4c(cc3c2[nH]1)OCc1cc(B2OC(C)(C)C(C)(C)O2)ccc1-4. The van der Waals surface area contributed by atoms with E-state index in [1.165, 1.54) is 10.9 Å². The van der Waals surface area contributed by atoms with Crippen molar-refractivity contribution in [1.82, 2.24) is 14.8 Å². The molecule has 2 saturated heterocycles. The van der Waals surface area contributed by atoms with Crippen molar-refractivity contribution in [3.63, 3.8) is 0 Å². The van der Waals surface area contributed by atoms with Gasteiger partial charge in [-0.2, -0.15) is 0 Å². The largest absolute Gasteiger partial charge is 0.494 e. The van der Waals surface area contributed by atoms with Gasteiger partial charge in [-0.15, -0.1) is 0 Å². The number of hydrogen-bond donors (Lipinski definition) is 1. The molecule has 0 aliphatic carbocycles. The monoisotopic (exact) mass is 523 g/mol. The number of H-pyrrole nitrogens is 1. The lowest BCUT2D eigenvalue weighted by atomic mass is 9.77. The molecular formula is C30H35B2N3O4. The molecule has 0 unspecified atom stereocenters. The first-order chi connectivity index (χ1) is 18.6. The van der Waals surface area contributed by atoms with Crippen LogP contribution in [-0.2, 0) is 20.7 Å². The van der Waals surface area contributed by atoms with Crippen LogP contribution < -0.4 is 10.2 Å². The maximum absolute atomic E-state index is 6.33. The van der Waals surface area contributed by atoms with Gasteiger partial charge < -0.3 is 28.6 Å². The van der Waals surface area contributed by atoms with E-state index in [-0.39, 0.29) is 24.4 Å². The number of rotatable bonds is 4. The molecule has 7 rings (SSSR count). The summed E-state index contributed by atoms with van der Waals surface area (Å²) in [5, 5.41) is 2.30. The van der Waals surface area contributed by atoms with Gasteiger partial charge in [-0.1, -0.05) is 24.3 Å². The fourth-order valence-corrected chi connectivity index (χ4v) is 6.40. The van der Waals surface area contributed by atoms with E-state index in [1.54, 1.807) is 7.11 Å². The average molecular weight is 523 g/mol. The van der Waals surface area contributed by atoms with Crippen molar-refractivity contribution >= 4 is 42.4 Å². The lowest BCUT2D eigenvalue weighted by Gasteiger charge is -2.32. The fourth-order valence-electron chi connectivity index (χ4n) is 6.40. The predicted molar refractivity (Wildman–Crippen MR) is 157 cm³/mol. The summed E-state index contributed by atoms with van der Waals surface area (Å²) in [5.41, 5.74) is 5.80. The first-order valence-electron chi connectivity index (χ1n) is 13.9. The van der Waals surface area contributed by atoms with Crippen LogP contribution in [-0.4, -0.2) is 61.3 Å². The number of nitrogens with one attached hydrogen (secondary N) is 1. The molecule has 9 heteroatoms. The normalized spacial score (nSPS) is 23.8. The Morgan fingerprint density at radius 2 is 1.87 bits per heavy atom. The highest BCUT2D eigenvalue weighted by atomic mass is 16.7. The molecule has 1 N–H and O–H groups in total. The van der Waals surface area contributed by atoms with Gasteiger partial charge in [0, 0.05) is 18.1 Å². The molecular weight excluding hydrogens is 488 g/mol. The van der Waals surface area contributed by atoms with Crippen molar-refractivity contribution in [2.45, 2.75) is 58.0 Å². The molecule has 0 amide bonds. The molecule has 3 aliphatic rings. The first-order valence-corrected chi connectivity index (χ1v) is 13.9. The number of fused-ring (bicyclic) bond motifs is 6. The molecule has 200 valence electrons. The van der Waals surface area contributed by atoms with Crippen molar-refractivity contribution in [3.05, 3.63) is 53.9 Å². The maximum atomic E-state index is 6.33. The summed E-state index contributed by atoms with van der Waals surface area (Å²) in [6.45, 7) is 10.7. The third kappa shape index (κ3) is 4.01. The number of ether oxygens (including phenoxy) is 2. The Hall–Kier alpha value is -2.84. The minimum Gasteiger partial charge on any atom is -0.488 e. The van der Waals surface area contributed by atoms with Crippen LogP contribution in [0.3, 0.4) is 0 Å². The van der Waals surface area contributed by atoms with Crippen LogP contribution in [0, 0.1) is 5.92 Å². The first kappa shape index (κ1) is 25.1. The molecule has 2 atom stereocenters. The molecule has 3 aliphatic heterocycles. The van der Waals surface area contributed by atoms with Gasteiger partial charge in [-0.05, 0) is 86.8 Å². The topological polar surface area (TPSA) is 68.8 Å². The summed E-state index contributed by atoms with van der Waals surface area (Å²) in [7, 11) is 3.57. The molecule has 7 nitrogen and oxygen atoms in total. The van der Waals surface area contributed by atoms with Crippen molar-refractivity contribution < 1.29 is 18.8 Å². The van der Waals surface area contributed by atoms with E-state index >= 15 is 0 Å². The number of aromatic amines is 1. The van der Waals surface area contributed by atoms with Crippen molar-refractivity contribution in [2.24, 2.45) is 5.92 Å². The summed E-state index contributed by atoms with van der Waals surface area (Å²) in [4.78, 5) is 11.1.